The number of ketones is 2. The van der Waals surface area contributed by atoms with Gasteiger partial charge in [0, 0.05) is 12.5 Å². The van der Waals surface area contributed by atoms with Gasteiger partial charge in [0.1, 0.15) is 0 Å². The Morgan fingerprint density at radius 2 is 1.94 bits per heavy atom. The van der Waals surface area contributed by atoms with Gasteiger partial charge in [-0.15, -0.1) is 0 Å². The van der Waals surface area contributed by atoms with Gasteiger partial charge in [-0.2, -0.15) is 0 Å². The maximum atomic E-state index is 12.1. The molecule has 2 rings (SSSR count). The molecule has 17 heavy (non-hydrogen) atoms. The summed E-state index contributed by atoms with van der Waals surface area (Å²) in [5, 5.41) is 0. The second kappa shape index (κ2) is 4.50. The Labute approximate surface area is 101 Å². The number of hydrogen-bond acceptors (Lipinski definition) is 4. The van der Waals surface area contributed by atoms with E-state index in [0.717, 1.165) is 0 Å². The van der Waals surface area contributed by atoms with Crippen LogP contribution in [0.1, 0.15) is 12.5 Å². The number of carbonyl (C=O) groups is 2. The third-order valence-corrected chi connectivity index (χ3v) is 4.38. The number of hydrogen-bond donors (Lipinski definition) is 0. The largest absolute Gasteiger partial charge is 0.350 e. The van der Waals surface area contributed by atoms with Crippen LogP contribution in [0.3, 0.4) is 0 Å². The Bertz CT molecular complexity index is 483. The van der Waals surface area contributed by atoms with Crippen LogP contribution in [0.2, 0.25) is 0 Å². The van der Waals surface area contributed by atoms with Gasteiger partial charge in [0.05, 0.1) is 23.2 Å². The number of benzene rings is 1. The average Bonchev–Trinajstić information content (AvgIpc) is 2.72. The molecular weight excluding hydrogens is 240 g/mol. The van der Waals surface area contributed by atoms with Crippen LogP contribution in [-0.4, -0.2) is 28.1 Å². The zero-order valence-electron chi connectivity index (χ0n) is 9.34. The van der Waals surface area contributed by atoms with E-state index in [2.05, 4.69) is 0 Å². The molecule has 0 N–H and O–H groups in total. The van der Waals surface area contributed by atoms with E-state index in [0.29, 0.717) is 5.56 Å². The molecule has 1 unspecified atom stereocenters. The molecule has 1 aliphatic rings. The van der Waals surface area contributed by atoms with Crippen molar-refractivity contribution in [2.75, 3.05) is 12.4 Å². The lowest BCUT2D eigenvalue weighted by molar-refractivity contribution is -0.144. The maximum Gasteiger partial charge on any atom is 0.247 e. The van der Waals surface area contributed by atoms with Gasteiger partial charge >= 0.3 is 0 Å². The summed E-state index contributed by atoms with van der Waals surface area (Å²) in [5.74, 6) is -1.10. The predicted molar refractivity (Wildman–Crippen MR) is 62.8 cm³/mol. The van der Waals surface area contributed by atoms with Gasteiger partial charge in [0.25, 0.3) is 0 Å². The second-order valence-corrected chi connectivity index (χ2v) is 5.44. The van der Waals surface area contributed by atoms with Gasteiger partial charge in [-0.1, -0.05) is 30.3 Å². The molecule has 0 aliphatic carbocycles. The topological polar surface area (TPSA) is 60.4 Å². The zero-order chi connectivity index (χ0) is 12.5. The first kappa shape index (κ1) is 12.1. The highest BCUT2D eigenvalue weighted by molar-refractivity contribution is 7.87. The monoisotopic (exact) mass is 252 g/mol. The lowest BCUT2D eigenvalue weighted by Gasteiger charge is -2.24. The predicted octanol–water partition coefficient (Wildman–Crippen LogP) is 0.776. The summed E-state index contributed by atoms with van der Waals surface area (Å²) < 4.78 is 17.4. The molecule has 1 aromatic rings. The number of rotatable bonds is 3. The summed E-state index contributed by atoms with van der Waals surface area (Å²) >= 11 is 0. The molecule has 2 atom stereocenters. The van der Waals surface area contributed by atoms with E-state index in [9.17, 15) is 13.8 Å². The number of Topliss-reactive ketones (excluding diaryl/α,β-unsaturated/α-hetero) is 2. The van der Waals surface area contributed by atoms with Crippen LogP contribution in [0.4, 0.5) is 0 Å². The van der Waals surface area contributed by atoms with Crippen molar-refractivity contribution in [3.05, 3.63) is 35.9 Å². The minimum Gasteiger partial charge on any atom is -0.350 e. The highest BCUT2D eigenvalue weighted by atomic mass is 32.2. The van der Waals surface area contributed by atoms with Gasteiger partial charge in [-0.3, -0.25) is 13.8 Å². The summed E-state index contributed by atoms with van der Waals surface area (Å²) in [6.45, 7) is 1.40. The molecule has 1 aliphatic heterocycles. The second-order valence-electron chi connectivity index (χ2n) is 3.77. The van der Waals surface area contributed by atoms with Crippen molar-refractivity contribution in [3.63, 3.8) is 0 Å². The molecule has 5 heteroatoms. The van der Waals surface area contributed by atoms with Crippen LogP contribution in [0, 0.1) is 0 Å². The third kappa shape index (κ3) is 1.85. The van der Waals surface area contributed by atoms with Crippen molar-refractivity contribution in [1.82, 2.24) is 0 Å². The fraction of sp³-hybridized carbons (Fsp3) is 0.333. The molecule has 4 nitrogen and oxygen atoms in total. The normalized spacial score (nSPS) is 27.9. The summed E-state index contributed by atoms with van der Waals surface area (Å²) in [6.07, 6.45) is 0. The van der Waals surface area contributed by atoms with E-state index in [1.807, 2.05) is 0 Å². The van der Waals surface area contributed by atoms with E-state index in [4.69, 9.17) is 4.74 Å². The summed E-state index contributed by atoms with van der Waals surface area (Å²) in [5.41, 5.74) is 0.482. The van der Waals surface area contributed by atoms with Gasteiger partial charge in [0.2, 0.25) is 10.7 Å². The summed E-state index contributed by atoms with van der Waals surface area (Å²) in [7, 11) is -1.51. The number of ether oxygens (including phenoxy) is 1. The van der Waals surface area contributed by atoms with Crippen molar-refractivity contribution < 1.29 is 18.5 Å². The van der Waals surface area contributed by atoms with Gasteiger partial charge < -0.3 is 4.74 Å². The molecule has 0 amide bonds. The fourth-order valence-electron chi connectivity index (χ4n) is 1.87. The van der Waals surface area contributed by atoms with Crippen LogP contribution < -0.4 is 0 Å². The fourth-order valence-corrected chi connectivity index (χ4v) is 3.36. The number of carbonyl (C=O) groups excluding carboxylic acids is 2. The first-order valence-electron chi connectivity index (χ1n) is 5.22. The van der Waals surface area contributed by atoms with Crippen LogP contribution in [0.15, 0.2) is 30.3 Å². The molecule has 0 bridgehead atoms. The standard InChI is InChI=1S/C12H12O4S/c1-9(13)11(14)12(16-7-8-17(12)15)10-5-3-2-4-6-10/h2-6H,7-8H2,1H3/t12-,17?/m0/s1. The molecule has 1 saturated heterocycles. The third-order valence-electron chi connectivity index (χ3n) is 2.67. The van der Waals surface area contributed by atoms with Gasteiger partial charge in [-0.25, -0.2) is 0 Å². The molecule has 1 aromatic carbocycles. The Kier molecular flexibility index (Phi) is 3.22. The minimum absolute atomic E-state index is 0.223. The van der Waals surface area contributed by atoms with Crippen molar-refractivity contribution in [2.45, 2.75) is 11.9 Å². The molecule has 1 heterocycles. The summed E-state index contributed by atoms with van der Waals surface area (Å²) in [4.78, 5) is 21.7. The Morgan fingerprint density at radius 1 is 1.29 bits per heavy atom. The van der Waals surface area contributed by atoms with Crippen LogP contribution >= 0.6 is 0 Å². The quantitative estimate of drug-likeness (QED) is 0.746. The smallest absolute Gasteiger partial charge is 0.247 e. The van der Waals surface area contributed by atoms with Crippen LogP contribution in [0.25, 0.3) is 0 Å². The molecule has 1 fully saturated rings. The Morgan fingerprint density at radius 3 is 2.41 bits per heavy atom. The van der Waals surface area contributed by atoms with Crippen molar-refractivity contribution >= 4 is 22.4 Å². The zero-order valence-corrected chi connectivity index (χ0v) is 10.2. The minimum atomic E-state index is -1.59. The summed E-state index contributed by atoms with van der Waals surface area (Å²) in [6, 6.07) is 8.55. The van der Waals surface area contributed by atoms with Crippen molar-refractivity contribution in [1.29, 1.82) is 0 Å². The lowest BCUT2D eigenvalue weighted by atomic mass is 10.0. The van der Waals surface area contributed by atoms with E-state index in [1.165, 1.54) is 6.92 Å². The van der Waals surface area contributed by atoms with E-state index >= 15 is 0 Å². The molecular formula is C12H12O4S. The molecule has 0 saturated carbocycles. The highest BCUT2D eigenvalue weighted by Gasteiger charge is 2.52. The Balaban J connectivity index is 2.56. The van der Waals surface area contributed by atoms with Crippen molar-refractivity contribution in [3.8, 4) is 0 Å². The van der Waals surface area contributed by atoms with Crippen molar-refractivity contribution in [2.24, 2.45) is 0 Å². The first-order chi connectivity index (χ1) is 8.09. The molecule has 0 spiro atoms. The first-order valence-corrected chi connectivity index (χ1v) is 6.54. The van der Waals surface area contributed by atoms with E-state index in [1.54, 1.807) is 30.3 Å². The highest BCUT2D eigenvalue weighted by Crippen LogP contribution is 2.35. The van der Waals surface area contributed by atoms with Gasteiger partial charge in [0.15, 0.2) is 5.78 Å². The molecule has 0 aromatic heterocycles. The van der Waals surface area contributed by atoms with E-state index < -0.39 is 27.3 Å². The lowest BCUT2D eigenvalue weighted by Crippen LogP contribution is -2.42. The molecule has 90 valence electrons. The van der Waals surface area contributed by atoms with Crippen LogP contribution in [0.5, 0.6) is 0 Å². The SMILES string of the molecule is CC(=O)C(=O)[C@@]1(c2ccccc2)OCCS1=O. The average molecular weight is 252 g/mol. The van der Waals surface area contributed by atoms with Crippen LogP contribution in [-0.2, 0) is 30.1 Å². The van der Waals surface area contributed by atoms with E-state index in [-0.39, 0.29) is 12.4 Å². The maximum absolute atomic E-state index is 12.1. The Hall–Kier alpha value is -1.33. The molecule has 0 radical (unpaired) electrons. The van der Waals surface area contributed by atoms with Gasteiger partial charge in [-0.05, 0) is 0 Å².